The second-order valence-corrected chi connectivity index (χ2v) is 4.69. The van der Waals surface area contributed by atoms with E-state index < -0.39 is 13.0 Å². The zero-order valence-corrected chi connectivity index (χ0v) is 10.2. The van der Waals surface area contributed by atoms with Gasteiger partial charge in [-0.1, -0.05) is 41.9 Å². The lowest BCUT2D eigenvalue weighted by molar-refractivity contribution is 0.0481. The van der Waals surface area contributed by atoms with Crippen molar-refractivity contribution in [2.75, 3.05) is 0 Å². The maximum absolute atomic E-state index is 14.4. The zero-order valence-electron chi connectivity index (χ0n) is 10.2. The molecule has 20 heavy (non-hydrogen) atoms. The van der Waals surface area contributed by atoms with Gasteiger partial charge in [0.1, 0.15) is 0 Å². The van der Waals surface area contributed by atoms with E-state index in [0.717, 1.165) is 13.5 Å². The molecule has 3 rings (SSSR count). The Balaban J connectivity index is 2.23. The van der Waals surface area contributed by atoms with Crippen molar-refractivity contribution in [1.29, 1.82) is 0 Å². The van der Waals surface area contributed by atoms with Crippen molar-refractivity contribution in [3.8, 4) is 11.1 Å². The van der Waals surface area contributed by atoms with Crippen LogP contribution < -0.4 is 10.9 Å². The fourth-order valence-electron chi connectivity index (χ4n) is 2.50. The Bertz CT molecular complexity index is 689. The minimum Gasteiger partial charge on any atom is -0.450 e. The topological polar surface area (TPSA) is 60.7 Å². The molecule has 1 radical (unpaired) electrons. The smallest absolute Gasteiger partial charge is 0.450 e. The molecule has 0 saturated heterocycles. The lowest BCUT2D eigenvalue weighted by Gasteiger charge is -2.13. The van der Waals surface area contributed by atoms with Gasteiger partial charge < -0.3 is 15.1 Å². The minimum atomic E-state index is -3.23. The highest BCUT2D eigenvalue weighted by molar-refractivity contribution is 6.58. The molecule has 0 aromatic heterocycles. The van der Waals surface area contributed by atoms with E-state index in [1.165, 1.54) is 24.3 Å². The molecule has 0 saturated carbocycles. The largest absolute Gasteiger partial charge is 0.488 e. The molecule has 1 aliphatic rings. The molecule has 0 heterocycles. The summed E-state index contributed by atoms with van der Waals surface area (Å²) in [7, 11) is -1.02. The van der Waals surface area contributed by atoms with Crippen molar-refractivity contribution in [3.05, 3.63) is 47.5 Å². The number of hydrogen-bond donors (Lipinski definition) is 3. The van der Waals surface area contributed by atoms with Crippen LogP contribution in [0.25, 0.3) is 11.1 Å². The first-order chi connectivity index (χ1) is 9.45. The summed E-state index contributed by atoms with van der Waals surface area (Å²) >= 11 is 0. The van der Waals surface area contributed by atoms with Crippen molar-refractivity contribution < 1.29 is 23.9 Å². The zero-order chi connectivity index (χ0) is 14.5. The Morgan fingerprint density at radius 2 is 1.55 bits per heavy atom. The van der Waals surface area contributed by atoms with Gasteiger partial charge in [-0.2, -0.15) is 8.78 Å². The molecular formula is C13H9B2F2O3. The van der Waals surface area contributed by atoms with Crippen LogP contribution in [-0.4, -0.2) is 29.7 Å². The molecule has 0 atom stereocenters. The Morgan fingerprint density at radius 3 is 2.15 bits per heavy atom. The van der Waals surface area contributed by atoms with Crippen LogP contribution in [0.2, 0.25) is 0 Å². The number of halogens is 2. The van der Waals surface area contributed by atoms with E-state index >= 15 is 0 Å². The summed E-state index contributed by atoms with van der Waals surface area (Å²) in [6, 6.07) is 8.24. The third kappa shape index (κ3) is 1.78. The van der Waals surface area contributed by atoms with Gasteiger partial charge in [0.15, 0.2) is 0 Å². The van der Waals surface area contributed by atoms with Crippen LogP contribution in [0.1, 0.15) is 11.1 Å². The summed E-state index contributed by atoms with van der Waals surface area (Å²) < 4.78 is 28.9. The number of hydrogen-bond acceptors (Lipinski definition) is 3. The first-order valence-corrected chi connectivity index (χ1v) is 5.96. The van der Waals surface area contributed by atoms with Gasteiger partial charge in [0, 0.05) is 11.1 Å². The predicted molar refractivity (Wildman–Crippen MR) is 72.3 cm³/mol. The molecule has 0 spiro atoms. The molecule has 0 aliphatic heterocycles. The quantitative estimate of drug-likeness (QED) is 0.660. The van der Waals surface area contributed by atoms with Gasteiger partial charge >= 0.3 is 14.6 Å². The summed E-state index contributed by atoms with van der Waals surface area (Å²) in [4.78, 5) is 0. The van der Waals surface area contributed by atoms with E-state index in [1.54, 1.807) is 6.07 Å². The van der Waals surface area contributed by atoms with Crippen LogP contribution in [0.15, 0.2) is 36.4 Å². The van der Waals surface area contributed by atoms with Crippen LogP contribution in [0.5, 0.6) is 0 Å². The highest BCUT2D eigenvalue weighted by Gasteiger charge is 2.44. The standard InChI is InChI=1S/C13H9B2F2O3/c16-13(17)11-5-7(14-18)1-3-9(11)10-4-2-8(15(19)20)6-12(10)13/h1-6,18-20H. The second kappa shape index (κ2) is 4.41. The summed E-state index contributed by atoms with van der Waals surface area (Å²) in [5.41, 5.74) is 0.602. The Morgan fingerprint density at radius 1 is 0.950 bits per heavy atom. The molecule has 2 aromatic rings. The third-order valence-corrected chi connectivity index (χ3v) is 3.50. The molecule has 1 aliphatic carbocycles. The molecule has 0 bridgehead atoms. The SMILES string of the molecule is O[B]c1ccc2c(c1)C(F)(F)c1cc(B(O)O)ccc1-2. The monoisotopic (exact) mass is 273 g/mol. The summed E-state index contributed by atoms with van der Waals surface area (Å²) in [6.45, 7) is 0. The molecule has 2 aromatic carbocycles. The fraction of sp³-hybridized carbons (Fsp3) is 0.0769. The Kier molecular flexibility index (Phi) is 2.93. The maximum Gasteiger partial charge on any atom is 0.488 e. The molecular weight excluding hydrogens is 264 g/mol. The molecule has 99 valence electrons. The van der Waals surface area contributed by atoms with Gasteiger partial charge in [0.05, 0.1) is 0 Å². The number of fused-ring (bicyclic) bond motifs is 3. The van der Waals surface area contributed by atoms with Crippen molar-refractivity contribution in [2.24, 2.45) is 0 Å². The van der Waals surface area contributed by atoms with Crippen LogP contribution in [-0.2, 0) is 5.92 Å². The average molecular weight is 273 g/mol. The molecule has 0 fully saturated rings. The van der Waals surface area contributed by atoms with Gasteiger partial charge in [-0.15, -0.1) is 0 Å². The highest BCUT2D eigenvalue weighted by atomic mass is 19.3. The van der Waals surface area contributed by atoms with E-state index in [4.69, 9.17) is 15.1 Å². The third-order valence-electron chi connectivity index (χ3n) is 3.50. The number of alkyl halides is 2. The fourth-order valence-corrected chi connectivity index (χ4v) is 2.50. The number of benzene rings is 2. The molecule has 3 nitrogen and oxygen atoms in total. The maximum atomic E-state index is 14.4. The lowest BCUT2D eigenvalue weighted by atomic mass is 9.78. The molecule has 0 amide bonds. The van der Waals surface area contributed by atoms with Gasteiger partial charge in [0.25, 0.3) is 5.92 Å². The highest BCUT2D eigenvalue weighted by Crippen LogP contribution is 2.50. The van der Waals surface area contributed by atoms with Crippen LogP contribution in [0.4, 0.5) is 8.78 Å². The van der Waals surface area contributed by atoms with E-state index in [-0.39, 0.29) is 16.6 Å². The van der Waals surface area contributed by atoms with E-state index in [9.17, 15) is 8.78 Å². The van der Waals surface area contributed by atoms with Crippen molar-refractivity contribution >= 4 is 25.5 Å². The predicted octanol–water partition coefficient (Wildman–Crippen LogP) is -0.276. The van der Waals surface area contributed by atoms with Crippen molar-refractivity contribution in [1.82, 2.24) is 0 Å². The minimum absolute atomic E-state index is 0.0187. The van der Waals surface area contributed by atoms with Gasteiger partial charge in [0.2, 0.25) is 0 Å². The second-order valence-electron chi connectivity index (χ2n) is 4.69. The van der Waals surface area contributed by atoms with Crippen LogP contribution in [0, 0.1) is 0 Å². The Hall–Kier alpha value is -1.69. The molecule has 0 unspecified atom stereocenters. The normalized spacial score (nSPS) is 14.7. The van der Waals surface area contributed by atoms with E-state index in [0.29, 0.717) is 16.6 Å². The molecule has 3 N–H and O–H groups in total. The van der Waals surface area contributed by atoms with E-state index in [2.05, 4.69) is 0 Å². The van der Waals surface area contributed by atoms with Crippen molar-refractivity contribution in [2.45, 2.75) is 5.92 Å². The summed E-state index contributed by atoms with van der Waals surface area (Å²) in [6.07, 6.45) is 0. The summed E-state index contributed by atoms with van der Waals surface area (Å²) in [5, 5.41) is 27.1. The lowest BCUT2D eigenvalue weighted by Crippen LogP contribution is -2.30. The Labute approximate surface area is 114 Å². The van der Waals surface area contributed by atoms with E-state index in [1.807, 2.05) is 0 Å². The van der Waals surface area contributed by atoms with Gasteiger partial charge in [-0.25, -0.2) is 0 Å². The van der Waals surface area contributed by atoms with Gasteiger partial charge in [-0.3, -0.25) is 0 Å². The van der Waals surface area contributed by atoms with Crippen LogP contribution >= 0.6 is 0 Å². The summed E-state index contributed by atoms with van der Waals surface area (Å²) in [5.74, 6) is -3.23. The van der Waals surface area contributed by atoms with Gasteiger partial charge in [-0.05, 0) is 16.6 Å². The van der Waals surface area contributed by atoms with Crippen molar-refractivity contribution in [3.63, 3.8) is 0 Å². The van der Waals surface area contributed by atoms with Crippen LogP contribution in [0.3, 0.4) is 0 Å². The first kappa shape index (κ1) is 13.3. The number of rotatable bonds is 2. The average Bonchev–Trinajstić information content (AvgIpc) is 2.67. The molecule has 7 heteroatoms. The first-order valence-electron chi connectivity index (χ1n) is 5.96.